The van der Waals surface area contributed by atoms with Crippen molar-refractivity contribution in [2.45, 2.75) is 28.9 Å². The van der Waals surface area contributed by atoms with E-state index in [1.807, 2.05) is 6.92 Å². The zero-order chi connectivity index (χ0) is 7.28. The number of rotatable bonds is 0. The van der Waals surface area contributed by atoms with Crippen LogP contribution in [0.2, 0.25) is 0 Å². The summed E-state index contributed by atoms with van der Waals surface area (Å²) in [6.45, 7) is 6.20. The van der Waals surface area contributed by atoms with Gasteiger partial charge in [0.1, 0.15) is 3.42 Å². The van der Waals surface area contributed by atoms with Crippen molar-refractivity contribution in [1.82, 2.24) is 0 Å². The van der Waals surface area contributed by atoms with Crippen molar-refractivity contribution in [3.63, 3.8) is 0 Å². The van der Waals surface area contributed by atoms with Gasteiger partial charge in [-0.25, -0.2) is 0 Å². The molecule has 0 radical (unpaired) electrons. The summed E-state index contributed by atoms with van der Waals surface area (Å²) in [6, 6.07) is 0. The molecule has 0 bridgehead atoms. The Morgan fingerprint density at radius 1 is 1.44 bits per heavy atom. The normalized spacial score (nSPS) is 40.2. The summed E-state index contributed by atoms with van der Waals surface area (Å²) >= 11 is 3.67. The van der Waals surface area contributed by atoms with E-state index in [4.69, 9.17) is 0 Å². The molecule has 1 saturated heterocycles. The highest BCUT2D eigenvalue weighted by Gasteiger charge is 2.56. The zero-order valence-electron chi connectivity index (χ0n) is 5.69. The van der Waals surface area contributed by atoms with Crippen LogP contribution in [0.3, 0.4) is 0 Å². The molecule has 3 heteroatoms. The first-order valence-corrected chi connectivity index (χ1v) is 4.70. The second-order valence-corrected chi connectivity index (χ2v) is 6.66. The molecule has 0 aromatic carbocycles. The van der Waals surface area contributed by atoms with Crippen LogP contribution < -0.4 is 0 Å². The van der Waals surface area contributed by atoms with E-state index in [-0.39, 0.29) is 8.17 Å². The lowest BCUT2D eigenvalue weighted by atomic mass is 9.97. The van der Waals surface area contributed by atoms with Gasteiger partial charge in [0.25, 0.3) is 0 Å². The molecule has 1 unspecified atom stereocenters. The molecule has 0 aromatic rings. The van der Waals surface area contributed by atoms with Gasteiger partial charge in [0.05, 0.1) is 0 Å². The molecule has 1 heterocycles. The smallest absolute Gasteiger partial charge is 0.206 e. The molecule has 0 spiro atoms. The third-order valence-electron chi connectivity index (χ3n) is 1.86. The van der Waals surface area contributed by atoms with Crippen molar-refractivity contribution in [2.24, 2.45) is 0 Å². The standard InChI is InChI=1S/C6H9IOS/c1-5(2)6(3,7)4(8)9-5/h1-3H3. The maximum absolute atomic E-state index is 10.9. The second-order valence-electron chi connectivity index (χ2n) is 2.90. The van der Waals surface area contributed by atoms with Gasteiger partial charge in [-0.3, -0.25) is 4.79 Å². The monoisotopic (exact) mass is 256 g/mol. The van der Waals surface area contributed by atoms with Gasteiger partial charge in [-0.05, 0) is 20.8 Å². The van der Waals surface area contributed by atoms with Crippen LogP contribution in [-0.4, -0.2) is 13.3 Å². The summed E-state index contributed by atoms with van der Waals surface area (Å²) < 4.78 is 0.0140. The Hall–Kier alpha value is 0.750. The lowest BCUT2D eigenvalue weighted by Crippen LogP contribution is -2.55. The Labute approximate surface area is 73.1 Å². The van der Waals surface area contributed by atoms with Gasteiger partial charge in [0, 0.05) is 4.75 Å². The lowest BCUT2D eigenvalue weighted by Gasteiger charge is -2.46. The maximum Gasteiger partial charge on any atom is 0.206 e. The van der Waals surface area contributed by atoms with E-state index in [1.165, 1.54) is 11.8 Å². The quantitative estimate of drug-likeness (QED) is 0.488. The van der Waals surface area contributed by atoms with Crippen molar-refractivity contribution in [2.75, 3.05) is 0 Å². The van der Waals surface area contributed by atoms with Gasteiger partial charge in [-0.1, -0.05) is 34.4 Å². The summed E-state index contributed by atoms with van der Waals surface area (Å²) in [7, 11) is 0. The molecule has 1 fully saturated rings. The number of hydrogen-bond donors (Lipinski definition) is 0. The van der Waals surface area contributed by atoms with Gasteiger partial charge in [0.15, 0.2) is 0 Å². The van der Waals surface area contributed by atoms with Crippen molar-refractivity contribution in [3.8, 4) is 0 Å². The van der Waals surface area contributed by atoms with E-state index >= 15 is 0 Å². The number of alkyl halides is 1. The van der Waals surface area contributed by atoms with E-state index in [0.29, 0.717) is 5.12 Å². The third-order valence-corrected chi connectivity index (χ3v) is 5.94. The molecule has 0 aliphatic carbocycles. The molecule has 1 atom stereocenters. The second kappa shape index (κ2) is 1.87. The van der Waals surface area contributed by atoms with Crippen LogP contribution in [0.5, 0.6) is 0 Å². The number of hydrogen-bond acceptors (Lipinski definition) is 2. The molecular formula is C6H9IOS. The van der Waals surface area contributed by atoms with Gasteiger partial charge < -0.3 is 0 Å². The van der Waals surface area contributed by atoms with Gasteiger partial charge >= 0.3 is 0 Å². The fourth-order valence-electron chi connectivity index (χ4n) is 0.623. The topological polar surface area (TPSA) is 17.1 Å². The molecule has 1 nitrogen and oxygen atoms in total. The van der Waals surface area contributed by atoms with Crippen molar-refractivity contribution < 1.29 is 4.79 Å². The average Bonchev–Trinajstić information content (AvgIpc) is 1.65. The Kier molecular flexibility index (Phi) is 1.63. The SMILES string of the molecule is CC1(C)SC(=O)C1(C)I. The fourth-order valence-corrected chi connectivity index (χ4v) is 2.33. The number of carbonyl (C=O) groups is 1. The number of halogens is 1. The predicted molar refractivity (Wildman–Crippen MR) is 49.1 cm³/mol. The largest absolute Gasteiger partial charge is 0.286 e. The molecule has 1 aliphatic heterocycles. The Balaban J connectivity index is 2.82. The van der Waals surface area contributed by atoms with Crippen LogP contribution in [0.4, 0.5) is 0 Å². The van der Waals surface area contributed by atoms with Gasteiger partial charge in [0.2, 0.25) is 5.12 Å². The maximum atomic E-state index is 10.9. The van der Waals surface area contributed by atoms with Crippen LogP contribution in [0.15, 0.2) is 0 Å². The summed E-state index contributed by atoms with van der Waals surface area (Å²) in [6.07, 6.45) is 0. The molecule has 0 aromatic heterocycles. The van der Waals surface area contributed by atoms with E-state index < -0.39 is 0 Å². The molecule has 1 rings (SSSR count). The highest BCUT2D eigenvalue weighted by Crippen LogP contribution is 2.55. The molecule has 9 heavy (non-hydrogen) atoms. The molecule has 52 valence electrons. The first kappa shape index (κ1) is 7.85. The first-order valence-electron chi connectivity index (χ1n) is 2.80. The van der Waals surface area contributed by atoms with Gasteiger partial charge in [-0.2, -0.15) is 0 Å². The summed E-state index contributed by atoms with van der Waals surface area (Å²) in [4.78, 5) is 10.9. The van der Waals surface area contributed by atoms with Crippen LogP contribution >= 0.6 is 34.4 Å². The van der Waals surface area contributed by atoms with E-state index in [2.05, 4.69) is 36.4 Å². The lowest BCUT2D eigenvalue weighted by molar-refractivity contribution is -0.114. The van der Waals surface area contributed by atoms with Crippen LogP contribution in [0.25, 0.3) is 0 Å². The van der Waals surface area contributed by atoms with Crippen LogP contribution in [0.1, 0.15) is 20.8 Å². The summed E-state index contributed by atoms with van der Waals surface area (Å²) in [5, 5.41) is 0.313. The molecular weight excluding hydrogens is 247 g/mol. The van der Waals surface area contributed by atoms with Gasteiger partial charge in [-0.15, -0.1) is 0 Å². The predicted octanol–water partition coefficient (Wildman–Crippen LogP) is 2.23. The van der Waals surface area contributed by atoms with Crippen molar-refractivity contribution in [1.29, 1.82) is 0 Å². The minimum absolute atomic E-state index is 0.130. The third kappa shape index (κ3) is 0.926. The van der Waals surface area contributed by atoms with Crippen LogP contribution in [0, 0.1) is 0 Å². The highest BCUT2D eigenvalue weighted by molar-refractivity contribution is 14.1. The Morgan fingerprint density at radius 2 is 1.89 bits per heavy atom. The Bertz CT molecular complexity index is 162. The fraction of sp³-hybridized carbons (Fsp3) is 0.833. The minimum atomic E-state index is -0.130. The first-order chi connectivity index (χ1) is 3.88. The van der Waals surface area contributed by atoms with Crippen molar-refractivity contribution >= 4 is 39.5 Å². The molecule has 0 N–H and O–H groups in total. The van der Waals surface area contributed by atoms with Crippen LogP contribution in [-0.2, 0) is 4.79 Å². The van der Waals surface area contributed by atoms with E-state index in [1.54, 1.807) is 0 Å². The Morgan fingerprint density at radius 3 is 1.89 bits per heavy atom. The number of thioether (sulfide) groups is 1. The summed E-state index contributed by atoms with van der Waals surface area (Å²) in [5.41, 5.74) is 0. The van der Waals surface area contributed by atoms with E-state index in [0.717, 1.165) is 0 Å². The minimum Gasteiger partial charge on any atom is -0.286 e. The average molecular weight is 256 g/mol. The van der Waals surface area contributed by atoms with E-state index in [9.17, 15) is 4.79 Å². The highest BCUT2D eigenvalue weighted by atomic mass is 127. The zero-order valence-corrected chi connectivity index (χ0v) is 8.67. The molecule has 0 amide bonds. The van der Waals surface area contributed by atoms with Crippen molar-refractivity contribution in [3.05, 3.63) is 0 Å². The number of carbonyl (C=O) groups excluding carboxylic acids is 1. The summed E-state index contributed by atoms with van der Waals surface area (Å²) in [5.74, 6) is 0. The molecule has 0 saturated carbocycles. The molecule has 1 aliphatic rings.